The third-order valence-electron chi connectivity index (χ3n) is 3.32. The highest BCUT2D eigenvalue weighted by Crippen LogP contribution is 2.27. The molecule has 2 rings (SSSR count). The van der Waals surface area contributed by atoms with Crippen LogP contribution >= 0.6 is 27.5 Å². The van der Waals surface area contributed by atoms with Crippen molar-refractivity contribution in [3.8, 4) is 0 Å². The van der Waals surface area contributed by atoms with Crippen LogP contribution in [0.2, 0.25) is 5.15 Å². The van der Waals surface area contributed by atoms with E-state index in [9.17, 15) is 0 Å². The molecule has 0 amide bonds. The SMILES string of the molecule is Cc1nn(C)c(Cl)c1CC(CN)c1cccc(Br)c1. The summed E-state index contributed by atoms with van der Waals surface area (Å²) in [5, 5.41) is 5.04. The molecular weight excluding hydrogens is 326 g/mol. The lowest BCUT2D eigenvalue weighted by molar-refractivity contribution is 0.691. The number of halogens is 2. The monoisotopic (exact) mass is 341 g/mol. The minimum absolute atomic E-state index is 0.248. The van der Waals surface area contributed by atoms with Crippen molar-refractivity contribution in [3.05, 3.63) is 50.7 Å². The molecule has 1 aromatic heterocycles. The van der Waals surface area contributed by atoms with Crippen LogP contribution in [0, 0.1) is 6.92 Å². The van der Waals surface area contributed by atoms with Crippen LogP contribution in [0.5, 0.6) is 0 Å². The maximum Gasteiger partial charge on any atom is 0.130 e. The summed E-state index contributed by atoms with van der Waals surface area (Å²) in [5.41, 5.74) is 9.20. The summed E-state index contributed by atoms with van der Waals surface area (Å²) in [6.07, 6.45) is 0.811. The highest BCUT2D eigenvalue weighted by atomic mass is 79.9. The van der Waals surface area contributed by atoms with Crippen LogP contribution in [-0.2, 0) is 13.5 Å². The van der Waals surface area contributed by atoms with Gasteiger partial charge in [-0.1, -0.05) is 39.7 Å². The van der Waals surface area contributed by atoms with Crippen LogP contribution in [0.4, 0.5) is 0 Å². The second kappa shape index (κ2) is 6.07. The van der Waals surface area contributed by atoms with Crippen LogP contribution in [0.15, 0.2) is 28.7 Å². The molecule has 0 aliphatic carbocycles. The molecule has 0 spiro atoms. The summed E-state index contributed by atoms with van der Waals surface area (Å²) >= 11 is 9.78. The molecule has 5 heteroatoms. The first kappa shape index (κ1) is 14.6. The number of nitrogens with zero attached hydrogens (tertiary/aromatic N) is 2. The first-order chi connectivity index (χ1) is 9.02. The maximum atomic E-state index is 6.28. The maximum absolute atomic E-state index is 6.28. The molecule has 1 aromatic carbocycles. The zero-order valence-corrected chi connectivity index (χ0v) is 13.4. The van der Waals surface area contributed by atoms with Crippen LogP contribution < -0.4 is 5.73 Å². The molecule has 0 fully saturated rings. The van der Waals surface area contributed by atoms with Gasteiger partial charge in [-0.3, -0.25) is 4.68 Å². The van der Waals surface area contributed by atoms with Crippen LogP contribution in [0.1, 0.15) is 22.7 Å². The summed E-state index contributed by atoms with van der Waals surface area (Å²) in [4.78, 5) is 0. The average molecular weight is 343 g/mol. The molecule has 102 valence electrons. The Morgan fingerprint density at radius 3 is 2.74 bits per heavy atom. The smallest absolute Gasteiger partial charge is 0.130 e. The molecule has 0 saturated carbocycles. The highest BCUT2D eigenvalue weighted by molar-refractivity contribution is 9.10. The predicted molar refractivity (Wildman–Crippen MR) is 82.6 cm³/mol. The number of rotatable bonds is 4. The molecule has 3 nitrogen and oxygen atoms in total. The lowest BCUT2D eigenvalue weighted by Crippen LogP contribution is -2.15. The zero-order chi connectivity index (χ0) is 14.0. The summed E-state index contributed by atoms with van der Waals surface area (Å²) in [6, 6.07) is 8.25. The van der Waals surface area contributed by atoms with E-state index in [1.54, 1.807) is 4.68 Å². The first-order valence-electron chi connectivity index (χ1n) is 6.16. The molecule has 0 saturated heterocycles. The normalized spacial score (nSPS) is 12.7. The summed E-state index contributed by atoms with van der Waals surface area (Å²) in [5.74, 6) is 0.248. The van der Waals surface area contributed by atoms with Crippen molar-refractivity contribution in [2.24, 2.45) is 12.8 Å². The molecule has 19 heavy (non-hydrogen) atoms. The van der Waals surface area contributed by atoms with Gasteiger partial charge in [-0.15, -0.1) is 0 Å². The van der Waals surface area contributed by atoms with Gasteiger partial charge >= 0.3 is 0 Å². The van der Waals surface area contributed by atoms with E-state index >= 15 is 0 Å². The number of hydrogen-bond donors (Lipinski definition) is 1. The van der Waals surface area contributed by atoms with Crippen molar-refractivity contribution >= 4 is 27.5 Å². The van der Waals surface area contributed by atoms with Crippen LogP contribution in [0.3, 0.4) is 0 Å². The van der Waals surface area contributed by atoms with Gasteiger partial charge in [-0.25, -0.2) is 0 Å². The van der Waals surface area contributed by atoms with Crippen molar-refractivity contribution in [3.63, 3.8) is 0 Å². The predicted octanol–water partition coefficient (Wildman–Crippen LogP) is 3.43. The van der Waals surface area contributed by atoms with Gasteiger partial charge in [0.1, 0.15) is 5.15 Å². The Balaban J connectivity index is 2.29. The van der Waals surface area contributed by atoms with Gasteiger partial charge in [0.15, 0.2) is 0 Å². The van der Waals surface area contributed by atoms with E-state index in [1.807, 2.05) is 26.1 Å². The van der Waals surface area contributed by atoms with E-state index in [0.717, 1.165) is 22.2 Å². The average Bonchev–Trinajstić information content (AvgIpc) is 2.61. The van der Waals surface area contributed by atoms with Crippen LogP contribution in [0.25, 0.3) is 0 Å². The van der Waals surface area contributed by atoms with Crippen molar-refractivity contribution in [2.45, 2.75) is 19.3 Å². The Labute approximate surface area is 126 Å². The number of hydrogen-bond acceptors (Lipinski definition) is 2. The largest absolute Gasteiger partial charge is 0.330 e. The van der Waals surface area contributed by atoms with Gasteiger partial charge in [0, 0.05) is 23.0 Å². The fourth-order valence-corrected chi connectivity index (χ4v) is 2.92. The van der Waals surface area contributed by atoms with Gasteiger partial charge in [0.2, 0.25) is 0 Å². The van der Waals surface area contributed by atoms with E-state index in [-0.39, 0.29) is 5.92 Å². The van der Waals surface area contributed by atoms with Gasteiger partial charge in [-0.2, -0.15) is 5.10 Å². The fraction of sp³-hybridized carbons (Fsp3) is 0.357. The third kappa shape index (κ3) is 3.19. The van der Waals surface area contributed by atoms with E-state index in [1.165, 1.54) is 5.56 Å². The number of aromatic nitrogens is 2. The van der Waals surface area contributed by atoms with Gasteiger partial charge in [0.05, 0.1) is 5.69 Å². The summed E-state index contributed by atoms with van der Waals surface area (Å²) < 4.78 is 2.78. The minimum atomic E-state index is 0.248. The Kier molecular flexibility index (Phi) is 4.66. The molecule has 1 atom stereocenters. The van der Waals surface area contributed by atoms with Crippen molar-refractivity contribution in [1.29, 1.82) is 0 Å². The molecule has 2 aromatic rings. The standard InChI is InChI=1S/C14H17BrClN3/c1-9-13(14(16)19(2)18-9)7-11(8-17)10-4-3-5-12(15)6-10/h3-6,11H,7-8,17H2,1-2H3. The molecule has 0 radical (unpaired) electrons. The third-order valence-corrected chi connectivity index (χ3v) is 4.29. The van der Waals surface area contributed by atoms with Gasteiger partial charge in [-0.05, 0) is 37.6 Å². The van der Waals surface area contributed by atoms with Crippen molar-refractivity contribution in [1.82, 2.24) is 9.78 Å². The number of aryl methyl sites for hydroxylation is 2. The second-order valence-electron chi connectivity index (χ2n) is 4.67. The molecule has 0 aliphatic heterocycles. The van der Waals surface area contributed by atoms with Crippen molar-refractivity contribution in [2.75, 3.05) is 6.54 Å². The molecular formula is C14H17BrClN3. The number of nitrogens with two attached hydrogens (primary N) is 1. The zero-order valence-electron chi connectivity index (χ0n) is 11.0. The van der Waals surface area contributed by atoms with Gasteiger partial charge in [0.25, 0.3) is 0 Å². The quantitative estimate of drug-likeness (QED) is 0.925. The minimum Gasteiger partial charge on any atom is -0.330 e. The Bertz CT molecular complexity index is 580. The fourth-order valence-electron chi connectivity index (χ4n) is 2.25. The van der Waals surface area contributed by atoms with E-state index in [2.05, 4.69) is 33.2 Å². The lowest BCUT2D eigenvalue weighted by Gasteiger charge is -2.15. The van der Waals surface area contributed by atoms with Gasteiger partial charge < -0.3 is 5.73 Å². The molecule has 0 aliphatic rings. The Morgan fingerprint density at radius 1 is 1.47 bits per heavy atom. The molecule has 2 N–H and O–H groups in total. The van der Waals surface area contributed by atoms with E-state index in [0.29, 0.717) is 11.7 Å². The number of benzene rings is 1. The molecule has 1 unspecified atom stereocenters. The first-order valence-corrected chi connectivity index (χ1v) is 7.33. The lowest BCUT2D eigenvalue weighted by atomic mass is 9.92. The van der Waals surface area contributed by atoms with E-state index in [4.69, 9.17) is 17.3 Å². The Morgan fingerprint density at radius 2 is 2.21 bits per heavy atom. The van der Waals surface area contributed by atoms with Crippen molar-refractivity contribution < 1.29 is 0 Å². The van der Waals surface area contributed by atoms with Crippen LogP contribution in [-0.4, -0.2) is 16.3 Å². The Hall–Kier alpha value is -0.840. The molecule has 0 bridgehead atoms. The summed E-state index contributed by atoms with van der Waals surface area (Å²) in [6.45, 7) is 2.57. The highest BCUT2D eigenvalue weighted by Gasteiger charge is 2.17. The second-order valence-corrected chi connectivity index (χ2v) is 5.94. The molecule has 1 heterocycles. The summed E-state index contributed by atoms with van der Waals surface area (Å²) in [7, 11) is 1.86. The topological polar surface area (TPSA) is 43.8 Å². The van der Waals surface area contributed by atoms with E-state index < -0.39 is 0 Å².